The average Bonchev–Trinajstić information content (AvgIpc) is 3.27. The summed E-state index contributed by atoms with van der Waals surface area (Å²) in [4.78, 5) is 38.8. The average molecular weight is 519 g/mol. The van der Waals surface area contributed by atoms with Gasteiger partial charge in [0, 0.05) is 24.1 Å². The maximum atomic E-state index is 13.4. The number of hydrazine groups is 1. The molecular weight excluding hydrogens is 476 g/mol. The Labute approximate surface area is 227 Å². The number of benzene rings is 2. The van der Waals surface area contributed by atoms with Crippen LogP contribution in [0.5, 0.6) is 0 Å². The van der Waals surface area contributed by atoms with Gasteiger partial charge in [0.25, 0.3) is 5.91 Å². The number of carbonyl (C=O) groups is 3. The molecule has 2 aromatic carbocycles. The fourth-order valence-electron chi connectivity index (χ4n) is 4.37. The number of fused-ring (bicyclic) bond motifs is 1. The summed E-state index contributed by atoms with van der Waals surface area (Å²) in [6, 6.07) is 17.0. The molecule has 7 nitrogen and oxygen atoms in total. The molecule has 0 radical (unpaired) electrons. The van der Waals surface area contributed by atoms with Crippen LogP contribution in [0.3, 0.4) is 0 Å². The molecule has 0 spiro atoms. The van der Waals surface area contributed by atoms with Crippen LogP contribution >= 0.6 is 0 Å². The molecule has 204 valence electrons. The fourth-order valence-corrected chi connectivity index (χ4v) is 4.37. The van der Waals surface area contributed by atoms with Crippen LogP contribution < -0.4 is 21.1 Å². The topological polar surface area (TPSA) is 90.5 Å². The number of rotatable bonds is 11. The van der Waals surface area contributed by atoms with Gasteiger partial charge >= 0.3 is 0 Å². The van der Waals surface area contributed by atoms with Gasteiger partial charge in [-0.1, -0.05) is 89.2 Å². The van der Waals surface area contributed by atoms with Gasteiger partial charge in [0.15, 0.2) is 0 Å². The van der Waals surface area contributed by atoms with E-state index in [0.717, 1.165) is 30.6 Å². The van der Waals surface area contributed by atoms with Gasteiger partial charge in [-0.3, -0.25) is 24.8 Å². The van der Waals surface area contributed by atoms with Crippen LogP contribution in [0.1, 0.15) is 58.6 Å². The number of carbonyl (C=O) groups excluding carboxylic acids is 3. The highest BCUT2D eigenvalue weighted by molar-refractivity contribution is 5.91. The lowest BCUT2D eigenvalue weighted by Crippen LogP contribution is -2.52. The molecule has 38 heavy (non-hydrogen) atoms. The van der Waals surface area contributed by atoms with Crippen molar-refractivity contribution in [3.63, 3.8) is 0 Å². The quantitative estimate of drug-likeness (QED) is 0.386. The van der Waals surface area contributed by atoms with E-state index in [1.165, 1.54) is 11.6 Å². The van der Waals surface area contributed by atoms with E-state index >= 15 is 0 Å². The molecule has 1 heterocycles. The van der Waals surface area contributed by atoms with Gasteiger partial charge in [0.2, 0.25) is 11.8 Å². The first-order valence-electron chi connectivity index (χ1n) is 13.5. The third-order valence-electron chi connectivity index (χ3n) is 6.54. The SMILES string of the molecule is CC(C)CC(NC(=O)C(C)(C)C)C(=O)NC(/C=C/C(=O)NN1CCc2ccccc21)CCc1ccccc1. The van der Waals surface area contributed by atoms with Gasteiger partial charge in [-0.15, -0.1) is 0 Å². The van der Waals surface area contributed by atoms with Crippen LogP contribution in [0.4, 0.5) is 5.69 Å². The minimum atomic E-state index is -0.649. The number of nitrogens with one attached hydrogen (secondary N) is 3. The molecule has 0 saturated heterocycles. The van der Waals surface area contributed by atoms with Crippen molar-refractivity contribution in [1.29, 1.82) is 0 Å². The molecule has 0 saturated carbocycles. The number of hydrogen-bond donors (Lipinski definition) is 3. The molecule has 7 heteroatoms. The van der Waals surface area contributed by atoms with E-state index < -0.39 is 11.5 Å². The monoisotopic (exact) mass is 518 g/mol. The normalized spacial score (nSPS) is 14.7. The van der Waals surface area contributed by atoms with Crippen molar-refractivity contribution in [3.05, 3.63) is 77.9 Å². The van der Waals surface area contributed by atoms with Crippen LogP contribution in [0.25, 0.3) is 0 Å². The Balaban J connectivity index is 1.70. The van der Waals surface area contributed by atoms with Gasteiger partial charge < -0.3 is 10.6 Å². The second-order valence-corrected chi connectivity index (χ2v) is 11.4. The standard InChI is InChI=1S/C31H42N4O3/c1-22(2)21-26(33-30(38)31(3,4)5)29(37)32-25(16-15-23-11-7-6-8-12-23)17-18-28(36)34-35-20-19-24-13-9-10-14-27(24)35/h6-14,17-18,22,25-26H,15-16,19-21H2,1-5H3,(H,32,37)(H,33,38)(H,34,36)/b18-17+. The number of nitrogens with zero attached hydrogens (tertiary/aromatic N) is 1. The van der Waals surface area contributed by atoms with Crippen molar-refractivity contribution in [2.45, 2.75) is 72.4 Å². The summed E-state index contributed by atoms with van der Waals surface area (Å²) >= 11 is 0. The van der Waals surface area contributed by atoms with Gasteiger partial charge in [-0.2, -0.15) is 0 Å². The van der Waals surface area contributed by atoms with Crippen LogP contribution in [0.15, 0.2) is 66.7 Å². The summed E-state index contributed by atoms with van der Waals surface area (Å²) in [5.74, 6) is -0.438. The minimum absolute atomic E-state index is 0.167. The molecule has 1 aliphatic rings. The Morgan fingerprint density at radius 1 is 0.974 bits per heavy atom. The summed E-state index contributed by atoms with van der Waals surface area (Å²) in [5, 5.41) is 7.87. The molecule has 3 amide bonds. The number of aryl methyl sites for hydroxylation is 1. The first-order valence-corrected chi connectivity index (χ1v) is 13.5. The van der Waals surface area contributed by atoms with E-state index in [2.05, 4.69) is 22.1 Å². The minimum Gasteiger partial charge on any atom is -0.348 e. The molecule has 2 aromatic rings. The lowest BCUT2D eigenvalue weighted by atomic mass is 9.94. The summed E-state index contributed by atoms with van der Waals surface area (Å²) in [5.41, 5.74) is 5.71. The maximum Gasteiger partial charge on any atom is 0.262 e. The van der Waals surface area contributed by atoms with Crippen molar-refractivity contribution >= 4 is 23.4 Å². The number of hydrogen-bond acceptors (Lipinski definition) is 4. The van der Waals surface area contributed by atoms with Crippen LogP contribution in [-0.4, -0.2) is 36.3 Å². The summed E-state index contributed by atoms with van der Waals surface area (Å²) in [7, 11) is 0. The second-order valence-electron chi connectivity index (χ2n) is 11.4. The first kappa shape index (κ1) is 29.0. The number of para-hydroxylation sites is 1. The third-order valence-corrected chi connectivity index (χ3v) is 6.54. The van der Waals surface area contributed by atoms with E-state index in [4.69, 9.17) is 0 Å². The zero-order valence-corrected chi connectivity index (χ0v) is 23.3. The zero-order chi connectivity index (χ0) is 27.7. The van der Waals surface area contributed by atoms with Gasteiger partial charge in [-0.25, -0.2) is 0 Å². The summed E-state index contributed by atoms with van der Waals surface area (Å²) in [6.45, 7) is 10.3. The molecule has 0 aromatic heterocycles. The highest BCUT2D eigenvalue weighted by Gasteiger charge is 2.29. The highest BCUT2D eigenvalue weighted by atomic mass is 16.2. The van der Waals surface area contributed by atoms with Crippen molar-refractivity contribution in [1.82, 2.24) is 16.1 Å². The third kappa shape index (κ3) is 8.75. The molecule has 0 aliphatic carbocycles. The number of amides is 3. The zero-order valence-electron chi connectivity index (χ0n) is 23.3. The Hall–Kier alpha value is -3.61. The molecule has 2 unspecified atom stereocenters. The van der Waals surface area contributed by atoms with E-state index in [-0.39, 0.29) is 29.7 Å². The Morgan fingerprint density at radius 3 is 2.34 bits per heavy atom. The van der Waals surface area contributed by atoms with Crippen molar-refractivity contribution in [2.75, 3.05) is 11.6 Å². The molecule has 3 N–H and O–H groups in total. The Kier molecular flexibility index (Phi) is 10.1. The summed E-state index contributed by atoms with van der Waals surface area (Å²) < 4.78 is 0. The molecular formula is C31H42N4O3. The summed E-state index contributed by atoms with van der Waals surface area (Å²) in [6.07, 6.45) is 6.00. The predicted octanol–water partition coefficient (Wildman–Crippen LogP) is 4.33. The fraction of sp³-hybridized carbons (Fsp3) is 0.452. The van der Waals surface area contributed by atoms with Crippen molar-refractivity contribution in [3.8, 4) is 0 Å². The Morgan fingerprint density at radius 2 is 1.66 bits per heavy atom. The van der Waals surface area contributed by atoms with E-state index in [0.29, 0.717) is 12.8 Å². The molecule has 0 bridgehead atoms. The van der Waals surface area contributed by atoms with Gasteiger partial charge in [0.05, 0.1) is 5.69 Å². The van der Waals surface area contributed by atoms with Crippen LogP contribution in [-0.2, 0) is 27.2 Å². The largest absolute Gasteiger partial charge is 0.348 e. The molecule has 1 aliphatic heterocycles. The predicted molar refractivity (Wildman–Crippen MR) is 152 cm³/mol. The lowest BCUT2D eigenvalue weighted by Gasteiger charge is -2.26. The molecule has 2 atom stereocenters. The number of anilines is 1. The van der Waals surface area contributed by atoms with E-state index in [1.54, 1.807) is 6.08 Å². The molecule has 3 rings (SSSR count). The van der Waals surface area contributed by atoms with E-state index in [9.17, 15) is 14.4 Å². The second kappa shape index (κ2) is 13.3. The van der Waals surface area contributed by atoms with Gasteiger partial charge in [0.1, 0.15) is 6.04 Å². The van der Waals surface area contributed by atoms with Gasteiger partial charge in [-0.05, 0) is 48.8 Å². The van der Waals surface area contributed by atoms with E-state index in [1.807, 2.05) is 88.2 Å². The molecule has 0 fully saturated rings. The maximum absolute atomic E-state index is 13.4. The van der Waals surface area contributed by atoms with Crippen LogP contribution in [0.2, 0.25) is 0 Å². The van der Waals surface area contributed by atoms with Crippen molar-refractivity contribution < 1.29 is 14.4 Å². The Bertz CT molecular complexity index is 1120. The van der Waals surface area contributed by atoms with Crippen LogP contribution in [0, 0.1) is 11.3 Å². The smallest absolute Gasteiger partial charge is 0.262 e. The first-order chi connectivity index (χ1) is 18.0. The highest BCUT2D eigenvalue weighted by Crippen LogP contribution is 2.25. The lowest BCUT2D eigenvalue weighted by molar-refractivity contribution is -0.134. The van der Waals surface area contributed by atoms with Crippen molar-refractivity contribution in [2.24, 2.45) is 11.3 Å².